The van der Waals surface area contributed by atoms with Gasteiger partial charge in [0.15, 0.2) is 17.3 Å². The average molecular weight is 1010 g/mol. The van der Waals surface area contributed by atoms with Gasteiger partial charge in [-0.05, 0) is 48.5 Å². The summed E-state index contributed by atoms with van der Waals surface area (Å²) in [6.07, 6.45) is 45.0. The maximum atomic E-state index is 14.6. The molecule has 72 heavy (non-hydrogen) atoms. The van der Waals surface area contributed by atoms with Gasteiger partial charge in [0.2, 0.25) is 0 Å². The molecule has 0 radical (unpaired) electrons. The summed E-state index contributed by atoms with van der Waals surface area (Å²) in [5.41, 5.74) is -1.56. The van der Waals surface area contributed by atoms with Crippen molar-refractivity contribution < 1.29 is 34.2 Å². The minimum absolute atomic E-state index is 0.00150. The van der Waals surface area contributed by atoms with Crippen LogP contribution in [0.4, 0.5) is 0 Å². The van der Waals surface area contributed by atoms with Gasteiger partial charge < -0.3 is 10.2 Å². The van der Waals surface area contributed by atoms with Crippen LogP contribution in [-0.4, -0.2) is 39.5 Å². The molecule has 0 saturated carbocycles. The summed E-state index contributed by atoms with van der Waals surface area (Å²) in [7, 11) is 0. The molecule has 416 valence electrons. The number of carbonyl (C=O) groups excluding carboxylic acids is 3. The number of benzene rings is 1. The van der Waals surface area contributed by atoms with Crippen LogP contribution in [0, 0.1) is 17.8 Å². The number of carboxylic acid groups (broad SMARTS) is 2. The summed E-state index contributed by atoms with van der Waals surface area (Å²) in [6, 6.07) is 0. The van der Waals surface area contributed by atoms with Gasteiger partial charge in [0, 0.05) is 36.0 Å². The van der Waals surface area contributed by atoms with Gasteiger partial charge in [-0.1, -0.05) is 287 Å². The molecule has 1 rings (SSSR count). The Bertz CT molecular complexity index is 1600. The fraction of sp³-hybridized carbons (Fsp3) is 0.831. The van der Waals surface area contributed by atoms with Crippen LogP contribution in [0.2, 0.25) is 0 Å². The van der Waals surface area contributed by atoms with Gasteiger partial charge in [-0.3, -0.25) is 14.4 Å². The van der Waals surface area contributed by atoms with Crippen LogP contribution < -0.4 is 0 Å². The number of carboxylic acids is 2. The molecule has 0 aromatic heterocycles. The third-order valence-corrected chi connectivity index (χ3v) is 15.2. The van der Waals surface area contributed by atoms with Crippen molar-refractivity contribution in [1.29, 1.82) is 0 Å². The van der Waals surface area contributed by atoms with E-state index in [9.17, 15) is 34.2 Å². The second kappa shape index (κ2) is 43.4. The predicted molar refractivity (Wildman–Crippen MR) is 306 cm³/mol. The van der Waals surface area contributed by atoms with Crippen molar-refractivity contribution in [3.05, 3.63) is 33.4 Å². The van der Waals surface area contributed by atoms with Crippen molar-refractivity contribution in [2.24, 2.45) is 17.8 Å². The molecule has 1 aromatic rings. The normalized spacial score (nSPS) is 11.8. The fourth-order valence-corrected chi connectivity index (χ4v) is 10.8. The van der Waals surface area contributed by atoms with Gasteiger partial charge in [-0.25, -0.2) is 9.59 Å². The average Bonchev–Trinajstić information content (AvgIpc) is 3.32. The Kier molecular flexibility index (Phi) is 40.5. The zero-order valence-electron chi connectivity index (χ0n) is 48.4. The largest absolute Gasteiger partial charge is 0.478 e. The standard InChI is InChI=1S/C65H114O7/c1-51(2)45-39-33-27-21-15-9-12-18-24-30-36-42-48-55(66)59-58(54(7)8)62(64(69)70)63(65(71)72)61(57(68)50-44-38-32-26-20-14-11-17-23-29-35-41-47-53(5)6)60(59)56(67)49-43-37-31-25-19-13-10-16-22-28-34-40-46-52(3)4/h51-54H,9-50H2,1-8H3,(H,69,70)(H,71,72). The number of Topliss-reactive ketones (excluding diaryl/α,β-unsaturated/α-hetero) is 3. The zero-order chi connectivity index (χ0) is 53.4. The van der Waals surface area contributed by atoms with Crippen LogP contribution >= 0.6 is 0 Å². The van der Waals surface area contributed by atoms with Crippen LogP contribution in [0.25, 0.3) is 0 Å². The summed E-state index contributed by atoms with van der Waals surface area (Å²) in [6.45, 7) is 17.2. The lowest BCUT2D eigenvalue weighted by Crippen LogP contribution is -2.27. The van der Waals surface area contributed by atoms with E-state index < -0.39 is 40.5 Å². The summed E-state index contributed by atoms with van der Waals surface area (Å²) in [5, 5.41) is 21.4. The molecule has 7 nitrogen and oxygen atoms in total. The monoisotopic (exact) mass is 1010 g/mol. The minimum atomic E-state index is -1.55. The van der Waals surface area contributed by atoms with E-state index in [2.05, 4.69) is 41.5 Å². The highest BCUT2D eigenvalue weighted by molar-refractivity contribution is 6.22. The number of hydrogen-bond acceptors (Lipinski definition) is 5. The molecule has 0 spiro atoms. The van der Waals surface area contributed by atoms with Gasteiger partial charge in [0.05, 0.1) is 11.1 Å². The second-order valence-electron chi connectivity index (χ2n) is 23.8. The number of hydrogen-bond donors (Lipinski definition) is 2. The van der Waals surface area contributed by atoms with Crippen LogP contribution in [0.3, 0.4) is 0 Å². The van der Waals surface area contributed by atoms with E-state index in [0.717, 1.165) is 88.4 Å². The second-order valence-corrected chi connectivity index (χ2v) is 23.8. The van der Waals surface area contributed by atoms with Crippen molar-refractivity contribution in [3.63, 3.8) is 0 Å². The van der Waals surface area contributed by atoms with Gasteiger partial charge in [0.25, 0.3) is 0 Å². The molecule has 0 unspecified atom stereocenters. The molecule has 0 amide bonds. The molecular weight excluding hydrogens is 893 g/mol. The molecule has 0 bridgehead atoms. The molecule has 0 heterocycles. The Morgan fingerprint density at radius 1 is 0.264 bits per heavy atom. The Balaban J connectivity index is 3.10. The van der Waals surface area contributed by atoms with Gasteiger partial charge in [-0.15, -0.1) is 0 Å². The number of carbonyl (C=O) groups is 5. The molecular formula is C65H114O7. The molecule has 0 aliphatic heterocycles. The molecule has 0 aliphatic rings. The first-order chi connectivity index (χ1) is 34.6. The summed E-state index contributed by atoms with van der Waals surface area (Å²) < 4.78 is 0. The van der Waals surface area contributed by atoms with Crippen LogP contribution in [0.5, 0.6) is 0 Å². The van der Waals surface area contributed by atoms with Gasteiger partial charge in [0.1, 0.15) is 0 Å². The maximum absolute atomic E-state index is 14.6. The van der Waals surface area contributed by atoms with E-state index in [1.807, 2.05) is 0 Å². The highest BCUT2D eigenvalue weighted by Crippen LogP contribution is 2.37. The third kappa shape index (κ3) is 31.8. The predicted octanol–water partition coefficient (Wildman–Crippen LogP) is 21.1. The van der Waals surface area contributed by atoms with E-state index in [-0.39, 0.29) is 47.3 Å². The fourth-order valence-electron chi connectivity index (χ4n) is 10.8. The van der Waals surface area contributed by atoms with Crippen molar-refractivity contribution >= 4 is 29.3 Å². The highest BCUT2D eigenvalue weighted by Gasteiger charge is 2.38. The number of rotatable bonds is 51. The summed E-state index contributed by atoms with van der Waals surface area (Å²) >= 11 is 0. The van der Waals surface area contributed by atoms with Crippen LogP contribution in [0.15, 0.2) is 0 Å². The third-order valence-electron chi connectivity index (χ3n) is 15.2. The van der Waals surface area contributed by atoms with Crippen LogP contribution in [0.1, 0.15) is 388 Å². The molecule has 0 saturated heterocycles. The first-order valence-electron chi connectivity index (χ1n) is 30.9. The molecule has 0 atom stereocenters. The zero-order valence-corrected chi connectivity index (χ0v) is 48.4. The van der Waals surface area contributed by atoms with E-state index >= 15 is 0 Å². The van der Waals surface area contributed by atoms with E-state index in [4.69, 9.17) is 0 Å². The quantitative estimate of drug-likeness (QED) is 0.0492. The lowest BCUT2D eigenvalue weighted by atomic mass is 9.76. The van der Waals surface area contributed by atoms with Gasteiger partial charge >= 0.3 is 11.9 Å². The van der Waals surface area contributed by atoms with Crippen molar-refractivity contribution in [1.82, 2.24) is 0 Å². The Labute approximate surface area is 443 Å². The summed E-state index contributed by atoms with van der Waals surface area (Å²) in [5.74, 6) is -2.55. The van der Waals surface area contributed by atoms with Crippen molar-refractivity contribution in [2.45, 2.75) is 331 Å². The van der Waals surface area contributed by atoms with E-state index in [0.29, 0.717) is 19.3 Å². The molecule has 1 aromatic carbocycles. The van der Waals surface area contributed by atoms with Crippen LogP contribution in [-0.2, 0) is 0 Å². The first kappa shape index (κ1) is 67.2. The number of aromatic carboxylic acids is 2. The Hall–Kier alpha value is -2.83. The van der Waals surface area contributed by atoms with Crippen molar-refractivity contribution in [3.8, 4) is 0 Å². The number of unbranched alkanes of at least 4 members (excludes halogenated alkanes) is 33. The Morgan fingerprint density at radius 3 is 0.667 bits per heavy atom. The SMILES string of the molecule is CC(C)CCCCCCCCCCCCCCC(=O)c1c(C(=O)O)c(C(=O)O)c(C(C)C)c(C(=O)CCCCCCCCCCCCCCC(C)C)c1C(=O)CCCCCCCCCCCCCCC(C)C. The molecule has 0 aliphatic carbocycles. The lowest BCUT2D eigenvalue weighted by Gasteiger charge is -2.24. The molecule has 7 heteroatoms. The molecule has 2 N–H and O–H groups in total. The molecule has 0 fully saturated rings. The van der Waals surface area contributed by atoms with E-state index in [1.54, 1.807) is 13.8 Å². The topological polar surface area (TPSA) is 126 Å². The lowest BCUT2D eigenvalue weighted by molar-refractivity contribution is 0.0647. The minimum Gasteiger partial charge on any atom is -0.478 e. The maximum Gasteiger partial charge on any atom is 0.337 e. The van der Waals surface area contributed by atoms with Crippen molar-refractivity contribution in [2.75, 3.05) is 0 Å². The van der Waals surface area contributed by atoms with E-state index in [1.165, 1.54) is 161 Å². The smallest absolute Gasteiger partial charge is 0.337 e. The van der Waals surface area contributed by atoms with Gasteiger partial charge in [-0.2, -0.15) is 0 Å². The summed E-state index contributed by atoms with van der Waals surface area (Å²) in [4.78, 5) is 70.1. The highest BCUT2D eigenvalue weighted by atomic mass is 16.4. The first-order valence-corrected chi connectivity index (χ1v) is 30.9. The Morgan fingerprint density at radius 2 is 0.458 bits per heavy atom. The number of ketones is 3.